The van der Waals surface area contributed by atoms with Gasteiger partial charge in [-0.1, -0.05) is 224 Å². The van der Waals surface area contributed by atoms with E-state index in [0.717, 1.165) is 44.6 Å². The maximum absolute atomic E-state index is 5.44. The summed E-state index contributed by atoms with van der Waals surface area (Å²) in [5, 5.41) is 3.57. The van der Waals surface area contributed by atoms with Gasteiger partial charge in [0.1, 0.15) is 0 Å². The molecule has 1 atom stereocenters. The third kappa shape index (κ3) is 6.02. The van der Waals surface area contributed by atoms with Crippen LogP contribution in [0.4, 0.5) is 0 Å². The van der Waals surface area contributed by atoms with Gasteiger partial charge in [-0.25, -0.2) is 19.9 Å². The molecule has 2 aliphatic carbocycles. The van der Waals surface area contributed by atoms with Gasteiger partial charge < -0.3 is 0 Å². The number of benzene rings is 10. The largest absolute Gasteiger partial charge is 0.247 e. The highest BCUT2D eigenvalue weighted by Gasteiger charge is 2.54. The second-order valence-corrected chi connectivity index (χ2v) is 18.1. The van der Waals surface area contributed by atoms with Crippen LogP contribution >= 0.6 is 0 Å². The van der Waals surface area contributed by atoms with E-state index in [1.54, 1.807) is 0 Å². The van der Waals surface area contributed by atoms with Gasteiger partial charge in [0.05, 0.1) is 16.6 Å². The van der Waals surface area contributed by atoms with E-state index >= 15 is 0 Å². The normalized spacial score (nSPS) is 14.1. The van der Waals surface area contributed by atoms with Crippen molar-refractivity contribution in [3.05, 3.63) is 265 Å². The van der Waals surface area contributed by atoms with Crippen molar-refractivity contribution in [2.75, 3.05) is 0 Å². The standard InChI is InChI=1S/C65H40N4/c1-4-17-42(18-5-1)61-59-52-24-11-14-28-55(52)65(60(59)53-25-12-15-30-57(53)66-61)54-27-13-10-23-51(54)58-50(26-16-29-56(58)65)49-38-37-47-39-46(35-36-48(47)40-49)41-31-33-45(34-32-41)64-68-62(43-19-6-2-7-20-43)67-63(69-64)44-21-8-3-9-22-44/h1-40H. The highest BCUT2D eigenvalue weighted by atomic mass is 15.0. The fraction of sp³-hybridized carbons (Fsp3) is 0.0154. The van der Waals surface area contributed by atoms with Crippen molar-refractivity contribution in [3.8, 4) is 89.9 Å². The minimum atomic E-state index is -0.543. The Hall–Kier alpha value is -9.12. The molecule has 12 aromatic rings. The van der Waals surface area contributed by atoms with E-state index in [1.807, 2.05) is 60.7 Å². The summed E-state index contributed by atoms with van der Waals surface area (Å²) in [5.41, 5.74) is 20.4. The van der Waals surface area contributed by atoms with Crippen molar-refractivity contribution in [1.82, 2.24) is 19.9 Å². The molecule has 0 amide bonds. The van der Waals surface area contributed by atoms with Crippen LogP contribution in [0.3, 0.4) is 0 Å². The topological polar surface area (TPSA) is 51.6 Å². The third-order valence-electron chi connectivity index (χ3n) is 14.3. The smallest absolute Gasteiger partial charge is 0.164 e. The van der Waals surface area contributed by atoms with E-state index in [0.29, 0.717) is 17.5 Å². The average molecular weight is 877 g/mol. The van der Waals surface area contributed by atoms with Crippen molar-refractivity contribution in [2.45, 2.75) is 5.41 Å². The van der Waals surface area contributed by atoms with E-state index in [2.05, 4.69) is 182 Å². The van der Waals surface area contributed by atoms with Gasteiger partial charge in [0.2, 0.25) is 0 Å². The SMILES string of the molecule is c1ccc(-c2nc(-c3ccccc3)nc(-c3ccc(-c4ccc5cc(-c6cccc7c6-c6ccccc6C76c7ccccc7-c7c(-c8ccccc8)nc8ccccc8c76)ccc5c4)cc3)n2)cc1. The van der Waals surface area contributed by atoms with Gasteiger partial charge in [0, 0.05) is 33.2 Å². The minimum Gasteiger partial charge on any atom is -0.247 e. The summed E-state index contributed by atoms with van der Waals surface area (Å²) >= 11 is 0. The number of nitrogens with zero attached hydrogens (tertiary/aromatic N) is 4. The molecule has 4 heteroatoms. The first-order valence-electron chi connectivity index (χ1n) is 23.5. The maximum Gasteiger partial charge on any atom is 0.164 e. The predicted octanol–water partition coefficient (Wildman–Crippen LogP) is 15.9. The molecule has 0 bridgehead atoms. The Morgan fingerprint density at radius 3 is 1.36 bits per heavy atom. The van der Waals surface area contributed by atoms with Crippen LogP contribution in [0.25, 0.3) is 112 Å². The Bertz CT molecular complexity index is 3940. The van der Waals surface area contributed by atoms with Crippen LogP contribution in [0.15, 0.2) is 243 Å². The van der Waals surface area contributed by atoms with Gasteiger partial charge in [0.25, 0.3) is 0 Å². The Morgan fingerprint density at radius 2 is 0.725 bits per heavy atom. The van der Waals surface area contributed by atoms with Crippen LogP contribution in [0.2, 0.25) is 0 Å². The average Bonchev–Trinajstić information content (AvgIpc) is 3.91. The lowest BCUT2D eigenvalue weighted by Crippen LogP contribution is -2.26. The first-order chi connectivity index (χ1) is 34.2. The monoisotopic (exact) mass is 876 g/mol. The Morgan fingerprint density at radius 1 is 0.275 bits per heavy atom. The zero-order valence-corrected chi connectivity index (χ0v) is 37.4. The van der Waals surface area contributed by atoms with E-state index in [-0.39, 0.29) is 0 Å². The molecule has 2 aliphatic rings. The van der Waals surface area contributed by atoms with Gasteiger partial charge in [-0.3, -0.25) is 0 Å². The quantitative estimate of drug-likeness (QED) is 0.167. The molecule has 320 valence electrons. The number of hydrogen-bond donors (Lipinski definition) is 0. The highest BCUT2D eigenvalue weighted by Crippen LogP contribution is 2.66. The Balaban J connectivity index is 0.870. The number of aromatic nitrogens is 4. The molecule has 0 fully saturated rings. The molecule has 2 heterocycles. The predicted molar refractivity (Wildman–Crippen MR) is 282 cm³/mol. The summed E-state index contributed by atoms with van der Waals surface area (Å²) in [5.74, 6) is 1.95. The lowest BCUT2D eigenvalue weighted by Gasteiger charge is -2.31. The third-order valence-corrected chi connectivity index (χ3v) is 14.3. The van der Waals surface area contributed by atoms with Crippen LogP contribution in [-0.2, 0) is 5.41 Å². The number of hydrogen-bond acceptors (Lipinski definition) is 4. The summed E-state index contributed by atoms with van der Waals surface area (Å²) < 4.78 is 0. The molecule has 4 nitrogen and oxygen atoms in total. The summed E-state index contributed by atoms with van der Waals surface area (Å²) in [6.45, 7) is 0. The molecule has 0 saturated heterocycles. The Kier molecular flexibility index (Phi) is 8.77. The second-order valence-electron chi connectivity index (χ2n) is 18.1. The second kappa shape index (κ2) is 15.5. The van der Waals surface area contributed by atoms with Gasteiger partial charge in [0.15, 0.2) is 17.5 Å². The minimum absolute atomic E-state index is 0.543. The molecule has 14 rings (SSSR count). The number of rotatable bonds is 6. The molecule has 1 unspecified atom stereocenters. The molecular formula is C65H40N4. The first kappa shape index (κ1) is 39.1. The van der Waals surface area contributed by atoms with Crippen molar-refractivity contribution < 1.29 is 0 Å². The van der Waals surface area contributed by atoms with E-state index in [9.17, 15) is 0 Å². The van der Waals surface area contributed by atoms with E-state index < -0.39 is 5.41 Å². The number of para-hydroxylation sites is 1. The zero-order chi connectivity index (χ0) is 45.5. The fourth-order valence-electron chi connectivity index (χ4n) is 11.3. The van der Waals surface area contributed by atoms with Crippen LogP contribution in [0, 0.1) is 0 Å². The van der Waals surface area contributed by atoms with Crippen molar-refractivity contribution >= 4 is 21.7 Å². The van der Waals surface area contributed by atoms with Crippen LogP contribution in [0.1, 0.15) is 22.3 Å². The summed E-state index contributed by atoms with van der Waals surface area (Å²) in [6.07, 6.45) is 0. The molecule has 69 heavy (non-hydrogen) atoms. The number of fused-ring (bicyclic) bond motifs is 13. The molecule has 10 aromatic carbocycles. The van der Waals surface area contributed by atoms with Crippen LogP contribution in [0.5, 0.6) is 0 Å². The summed E-state index contributed by atoms with van der Waals surface area (Å²) in [4.78, 5) is 20.2. The maximum atomic E-state index is 5.44. The molecule has 0 saturated carbocycles. The van der Waals surface area contributed by atoms with Crippen LogP contribution < -0.4 is 0 Å². The van der Waals surface area contributed by atoms with Gasteiger partial charge in [-0.15, -0.1) is 0 Å². The fourth-order valence-corrected chi connectivity index (χ4v) is 11.3. The molecule has 2 aromatic heterocycles. The van der Waals surface area contributed by atoms with E-state index in [4.69, 9.17) is 19.9 Å². The molecule has 0 aliphatic heterocycles. The lowest BCUT2D eigenvalue weighted by molar-refractivity contribution is 0.801. The highest BCUT2D eigenvalue weighted by molar-refractivity contribution is 6.08. The van der Waals surface area contributed by atoms with Gasteiger partial charge >= 0.3 is 0 Å². The molecule has 0 radical (unpaired) electrons. The Labute approximate surface area is 400 Å². The number of pyridine rings is 1. The van der Waals surface area contributed by atoms with Crippen molar-refractivity contribution in [3.63, 3.8) is 0 Å². The van der Waals surface area contributed by atoms with Crippen LogP contribution in [-0.4, -0.2) is 19.9 Å². The lowest BCUT2D eigenvalue weighted by atomic mass is 9.69. The zero-order valence-electron chi connectivity index (χ0n) is 37.4. The van der Waals surface area contributed by atoms with Gasteiger partial charge in [-0.2, -0.15) is 0 Å². The molecular weight excluding hydrogens is 837 g/mol. The van der Waals surface area contributed by atoms with Crippen molar-refractivity contribution in [2.24, 2.45) is 0 Å². The van der Waals surface area contributed by atoms with E-state index in [1.165, 1.54) is 71.8 Å². The first-order valence-corrected chi connectivity index (χ1v) is 23.5. The van der Waals surface area contributed by atoms with Crippen molar-refractivity contribution in [1.29, 1.82) is 0 Å². The summed E-state index contributed by atoms with van der Waals surface area (Å²) in [7, 11) is 0. The molecule has 0 N–H and O–H groups in total. The summed E-state index contributed by atoms with van der Waals surface area (Å²) in [6, 6.07) is 87.1. The van der Waals surface area contributed by atoms with Gasteiger partial charge in [-0.05, 0) is 90.2 Å². The molecule has 1 spiro atoms.